The molecule has 3 heterocycles. The molecule has 13 heteroatoms. The molecule has 1 aromatic carbocycles. The topological polar surface area (TPSA) is 156 Å². The van der Waals surface area contributed by atoms with Crippen molar-refractivity contribution in [2.45, 2.75) is 31.7 Å². The van der Waals surface area contributed by atoms with Gasteiger partial charge >= 0.3 is 0 Å². The lowest BCUT2D eigenvalue weighted by molar-refractivity contribution is -0.126. The zero-order chi connectivity index (χ0) is 26.9. The number of hydrogen-bond donors (Lipinski definition) is 6. The minimum Gasteiger partial charge on any atom is -0.396 e. The van der Waals surface area contributed by atoms with Crippen LogP contribution in [0.1, 0.15) is 25.7 Å². The van der Waals surface area contributed by atoms with Crippen LogP contribution in [0.4, 0.5) is 23.5 Å². The molecule has 4 rings (SSSR count). The van der Waals surface area contributed by atoms with E-state index in [1.807, 2.05) is 29.2 Å². The van der Waals surface area contributed by atoms with Crippen LogP contribution in [0.15, 0.2) is 24.3 Å². The Kier molecular flexibility index (Phi) is 9.77. The summed E-state index contributed by atoms with van der Waals surface area (Å²) in [7, 11) is 1.74. The summed E-state index contributed by atoms with van der Waals surface area (Å²) in [6, 6.07) is 7.33. The second-order valence-electron chi connectivity index (χ2n) is 9.53. The number of nitrogens with one attached hydrogen (secondary N) is 5. The molecule has 12 nitrogen and oxygen atoms in total. The van der Waals surface area contributed by atoms with Crippen molar-refractivity contribution in [3.63, 3.8) is 0 Å². The number of rotatable bonds is 12. The summed E-state index contributed by atoms with van der Waals surface area (Å²) in [5.74, 6) is 1.11. The molecule has 206 valence electrons. The number of hydrogen-bond acceptors (Lipinski definition) is 10. The van der Waals surface area contributed by atoms with E-state index in [4.69, 9.17) is 11.6 Å². The van der Waals surface area contributed by atoms with Crippen molar-refractivity contribution in [2.24, 2.45) is 11.8 Å². The van der Waals surface area contributed by atoms with Crippen LogP contribution < -0.4 is 31.5 Å². The molecule has 2 aromatic rings. The van der Waals surface area contributed by atoms with Gasteiger partial charge in [-0.1, -0.05) is 23.7 Å². The Bertz CT molecular complexity index is 1100. The molecule has 2 saturated heterocycles. The number of para-hydroxylation sites is 1. The van der Waals surface area contributed by atoms with Crippen LogP contribution in [-0.4, -0.2) is 84.3 Å². The number of aliphatic hydroxyl groups excluding tert-OH is 1. The van der Waals surface area contributed by atoms with E-state index in [0.717, 1.165) is 12.1 Å². The number of nitrogens with zero attached hydrogens (tertiary/aromatic N) is 4. The first-order valence-electron chi connectivity index (χ1n) is 13.1. The van der Waals surface area contributed by atoms with Crippen LogP contribution in [0, 0.1) is 11.8 Å². The molecule has 38 heavy (non-hydrogen) atoms. The van der Waals surface area contributed by atoms with Gasteiger partial charge in [-0.3, -0.25) is 9.59 Å². The van der Waals surface area contributed by atoms with E-state index in [1.165, 1.54) is 0 Å². The smallest absolute Gasteiger partial charge is 0.231 e. The predicted molar refractivity (Wildman–Crippen MR) is 147 cm³/mol. The second-order valence-corrected chi connectivity index (χ2v) is 9.94. The van der Waals surface area contributed by atoms with Gasteiger partial charge in [0.25, 0.3) is 0 Å². The number of amides is 2. The molecule has 0 aliphatic carbocycles. The van der Waals surface area contributed by atoms with Gasteiger partial charge in [0, 0.05) is 58.3 Å². The highest BCUT2D eigenvalue weighted by Gasteiger charge is 2.29. The number of aromatic nitrogens is 3. The highest BCUT2D eigenvalue weighted by molar-refractivity contribution is 6.33. The molecular weight excluding hydrogens is 510 g/mol. The Balaban J connectivity index is 1.34. The van der Waals surface area contributed by atoms with E-state index in [-0.39, 0.29) is 36.3 Å². The fraction of sp³-hybridized carbons (Fsp3) is 0.560. The van der Waals surface area contributed by atoms with E-state index in [1.54, 1.807) is 7.05 Å². The molecule has 6 N–H and O–H groups in total. The molecule has 0 saturated carbocycles. The van der Waals surface area contributed by atoms with Crippen molar-refractivity contribution in [2.75, 3.05) is 67.2 Å². The van der Waals surface area contributed by atoms with Crippen molar-refractivity contribution in [1.29, 1.82) is 0 Å². The molecule has 0 bridgehead atoms. The SMILES string of the molecule is CNc1nc(N[C@@H](CCO)CNc2ccccc2Cl)nc(N2CCC(C(=O)NCC3CCNC3=O)CC2)n1. The first-order chi connectivity index (χ1) is 18.5. The van der Waals surface area contributed by atoms with Gasteiger partial charge in [-0.25, -0.2) is 0 Å². The molecule has 2 aliphatic rings. The van der Waals surface area contributed by atoms with Crippen LogP contribution in [0.2, 0.25) is 5.02 Å². The Morgan fingerprint density at radius 1 is 1.18 bits per heavy atom. The summed E-state index contributed by atoms with van der Waals surface area (Å²) in [5, 5.41) is 25.6. The molecule has 2 atom stereocenters. The molecule has 2 aliphatic heterocycles. The summed E-state index contributed by atoms with van der Waals surface area (Å²) in [4.78, 5) is 40.1. The third-order valence-corrected chi connectivity index (χ3v) is 7.23. The molecular formula is C25H36ClN9O3. The molecule has 0 spiro atoms. The average molecular weight is 546 g/mol. The fourth-order valence-electron chi connectivity index (χ4n) is 4.63. The van der Waals surface area contributed by atoms with Crippen LogP contribution in [0.3, 0.4) is 0 Å². The minimum absolute atomic E-state index is 0.000307. The third kappa shape index (κ3) is 7.35. The van der Waals surface area contributed by atoms with Gasteiger partial charge in [0.1, 0.15) is 0 Å². The molecule has 2 amide bonds. The first kappa shape index (κ1) is 27.6. The van der Waals surface area contributed by atoms with Gasteiger partial charge < -0.3 is 36.6 Å². The normalized spacial score (nSPS) is 18.6. The number of benzene rings is 1. The van der Waals surface area contributed by atoms with E-state index in [0.29, 0.717) is 74.9 Å². The number of carbonyl (C=O) groups is 2. The second kappa shape index (κ2) is 13.4. The lowest BCUT2D eigenvalue weighted by Gasteiger charge is -2.31. The van der Waals surface area contributed by atoms with Gasteiger partial charge in [-0.2, -0.15) is 15.0 Å². The summed E-state index contributed by atoms with van der Waals surface area (Å²) in [6.45, 7) is 2.82. The average Bonchev–Trinajstić information content (AvgIpc) is 3.35. The van der Waals surface area contributed by atoms with Crippen LogP contribution in [-0.2, 0) is 9.59 Å². The zero-order valence-corrected chi connectivity index (χ0v) is 22.3. The summed E-state index contributed by atoms with van der Waals surface area (Å²) in [6.07, 6.45) is 2.58. The highest BCUT2D eigenvalue weighted by Crippen LogP contribution is 2.24. The lowest BCUT2D eigenvalue weighted by atomic mass is 9.95. The van der Waals surface area contributed by atoms with Gasteiger partial charge in [0.2, 0.25) is 29.7 Å². The van der Waals surface area contributed by atoms with E-state index in [9.17, 15) is 14.7 Å². The van der Waals surface area contributed by atoms with Crippen molar-refractivity contribution in [3.05, 3.63) is 29.3 Å². The maximum Gasteiger partial charge on any atom is 0.231 e. The maximum atomic E-state index is 12.7. The number of piperidine rings is 1. The maximum absolute atomic E-state index is 12.7. The number of aliphatic hydroxyl groups is 1. The van der Waals surface area contributed by atoms with Crippen molar-refractivity contribution < 1.29 is 14.7 Å². The number of anilines is 4. The fourth-order valence-corrected chi connectivity index (χ4v) is 4.84. The Labute approximate surface area is 227 Å². The van der Waals surface area contributed by atoms with Gasteiger partial charge in [-0.05, 0) is 37.8 Å². The van der Waals surface area contributed by atoms with E-state index >= 15 is 0 Å². The Hall–Kier alpha value is -3.38. The Morgan fingerprint density at radius 2 is 1.95 bits per heavy atom. The number of halogens is 1. The quantitative estimate of drug-likeness (QED) is 0.230. The van der Waals surface area contributed by atoms with Gasteiger partial charge in [0.05, 0.1) is 16.6 Å². The highest BCUT2D eigenvalue weighted by atomic mass is 35.5. The summed E-state index contributed by atoms with van der Waals surface area (Å²) in [5.41, 5.74) is 0.810. The van der Waals surface area contributed by atoms with E-state index < -0.39 is 0 Å². The standard InChI is InChI=1S/C25H36ClN9O3/c1-27-23-32-24(31-18(9-13-36)15-29-20-5-3-2-4-19(20)26)34-25(33-23)35-11-7-16(8-12-35)21(37)30-14-17-6-10-28-22(17)38/h2-5,16-18,29,36H,6-15H2,1H3,(H,28,38)(H,30,37)(H2,27,31,32,33,34)/t17?,18-/m0/s1. The van der Waals surface area contributed by atoms with Crippen molar-refractivity contribution in [3.8, 4) is 0 Å². The van der Waals surface area contributed by atoms with Crippen LogP contribution in [0.5, 0.6) is 0 Å². The largest absolute Gasteiger partial charge is 0.396 e. The number of carbonyl (C=O) groups excluding carboxylic acids is 2. The van der Waals surface area contributed by atoms with Crippen molar-refractivity contribution >= 4 is 46.9 Å². The predicted octanol–water partition coefficient (Wildman–Crippen LogP) is 1.31. The zero-order valence-electron chi connectivity index (χ0n) is 21.5. The molecule has 2 fully saturated rings. The summed E-state index contributed by atoms with van der Waals surface area (Å²) < 4.78 is 0. The summed E-state index contributed by atoms with van der Waals surface area (Å²) >= 11 is 6.25. The minimum atomic E-state index is -0.160. The van der Waals surface area contributed by atoms with Gasteiger partial charge in [0.15, 0.2) is 0 Å². The third-order valence-electron chi connectivity index (χ3n) is 6.90. The van der Waals surface area contributed by atoms with Crippen molar-refractivity contribution in [1.82, 2.24) is 25.6 Å². The Morgan fingerprint density at radius 3 is 2.63 bits per heavy atom. The van der Waals surface area contributed by atoms with E-state index in [2.05, 4.69) is 41.5 Å². The molecule has 1 aromatic heterocycles. The molecule has 0 radical (unpaired) electrons. The lowest BCUT2D eigenvalue weighted by Crippen LogP contribution is -2.43. The molecule has 1 unspecified atom stereocenters. The van der Waals surface area contributed by atoms with Crippen LogP contribution in [0.25, 0.3) is 0 Å². The monoisotopic (exact) mass is 545 g/mol. The van der Waals surface area contributed by atoms with Gasteiger partial charge in [-0.15, -0.1) is 0 Å². The van der Waals surface area contributed by atoms with Crippen LogP contribution >= 0.6 is 11.6 Å². The first-order valence-corrected chi connectivity index (χ1v) is 13.4.